The number of carbonyl (C=O) groups is 3. The number of ether oxygens (including phenoxy) is 3. The second kappa shape index (κ2) is 17.5. The lowest BCUT2D eigenvalue weighted by Crippen LogP contribution is -2.30. The van der Waals surface area contributed by atoms with Crippen LogP contribution in [0.15, 0.2) is 60.7 Å². The molecule has 3 aromatic rings. The minimum atomic E-state index is -0.557. The van der Waals surface area contributed by atoms with Crippen LogP contribution in [0.3, 0.4) is 0 Å². The number of nitrogens with one attached hydrogen (secondary N) is 2. The summed E-state index contributed by atoms with van der Waals surface area (Å²) >= 11 is 0. The van der Waals surface area contributed by atoms with Gasteiger partial charge in [0.25, 0.3) is 11.8 Å². The predicted octanol–water partition coefficient (Wildman–Crippen LogP) is 4.51. The Balaban J connectivity index is 0.00000645. The van der Waals surface area contributed by atoms with Gasteiger partial charge in [-0.15, -0.1) is 12.4 Å². The second-order valence-corrected chi connectivity index (χ2v) is 9.54. The van der Waals surface area contributed by atoms with Crippen molar-refractivity contribution in [2.24, 2.45) is 11.5 Å². The fourth-order valence-electron chi connectivity index (χ4n) is 4.10. The number of halogens is 1. The van der Waals surface area contributed by atoms with Crippen LogP contribution >= 0.6 is 12.4 Å². The number of para-hydroxylation sites is 1. The van der Waals surface area contributed by atoms with Gasteiger partial charge in [0.05, 0.1) is 37.3 Å². The summed E-state index contributed by atoms with van der Waals surface area (Å²) in [5.74, 6) is 0.684. The van der Waals surface area contributed by atoms with Crippen molar-refractivity contribution in [1.29, 1.82) is 0 Å². The highest BCUT2D eigenvalue weighted by atomic mass is 35.5. The highest BCUT2D eigenvalue weighted by Gasteiger charge is 2.20. The normalized spacial score (nSPS) is 10.2. The van der Waals surface area contributed by atoms with E-state index in [0.29, 0.717) is 85.3 Å². The van der Waals surface area contributed by atoms with E-state index in [0.717, 1.165) is 5.56 Å². The highest BCUT2D eigenvalue weighted by molar-refractivity contribution is 6.09. The summed E-state index contributed by atoms with van der Waals surface area (Å²) in [4.78, 5) is 38.9. The van der Waals surface area contributed by atoms with Gasteiger partial charge in [0.1, 0.15) is 17.2 Å². The van der Waals surface area contributed by atoms with E-state index in [9.17, 15) is 14.4 Å². The van der Waals surface area contributed by atoms with Gasteiger partial charge in [-0.05, 0) is 80.8 Å². The van der Waals surface area contributed by atoms with Crippen molar-refractivity contribution >= 4 is 41.6 Å². The van der Waals surface area contributed by atoms with Gasteiger partial charge in [-0.25, -0.2) is 4.79 Å². The Hall–Kier alpha value is -4.48. The van der Waals surface area contributed by atoms with Crippen molar-refractivity contribution < 1.29 is 28.6 Å². The van der Waals surface area contributed by atoms with Crippen molar-refractivity contribution in [3.05, 3.63) is 77.4 Å². The van der Waals surface area contributed by atoms with E-state index in [4.69, 9.17) is 25.7 Å². The number of unbranched alkanes of at least 4 members (excludes halogenated alkanes) is 1. The first-order chi connectivity index (χ1) is 20.2. The third kappa shape index (κ3) is 10.1. The topological polar surface area (TPSA) is 158 Å². The van der Waals surface area contributed by atoms with Crippen LogP contribution in [0.4, 0.5) is 16.2 Å². The van der Waals surface area contributed by atoms with Crippen molar-refractivity contribution in [2.45, 2.75) is 26.2 Å². The fourth-order valence-corrected chi connectivity index (χ4v) is 4.10. The molecular weight excluding hydrogens is 574 g/mol. The predicted molar refractivity (Wildman–Crippen MR) is 170 cm³/mol. The molecule has 0 bridgehead atoms. The number of rotatable bonds is 15. The average Bonchev–Trinajstić information content (AvgIpc) is 2.98. The van der Waals surface area contributed by atoms with Crippen LogP contribution < -0.4 is 41.2 Å². The first-order valence-corrected chi connectivity index (χ1v) is 13.7. The number of hydrogen-bond acceptors (Lipinski definition) is 7. The zero-order chi connectivity index (χ0) is 30.5. The van der Waals surface area contributed by atoms with Crippen LogP contribution in [0, 0.1) is 6.92 Å². The summed E-state index contributed by atoms with van der Waals surface area (Å²) in [6, 6.07) is 16.8. The first-order valence-electron chi connectivity index (χ1n) is 13.7. The number of amides is 4. The number of primary amides is 1. The molecule has 232 valence electrons. The van der Waals surface area contributed by atoms with Crippen molar-refractivity contribution in [2.75, 3.05) is 50.7 Å². The Morgan fingerprint density at radius 1 is 0.884 bits per heavy atom. The van der Waals surface area contributed by atoms with Crippen LogP contribution in [0.25, 0.3) is 0 Å². The van der Waals surface area contributed by atoms with Crippen LogP contribution in [0.2, 0.25) is 0 Å². The number of nitrogens with two attached hydrogens (primary N) is 2. The molecule has 0 saturated carbocycles. The standard InChI is InChI=1S/C31H39N5O6.ClH/c1-21-11-14-25(28(19-21)42-17-7-6-16-34-31(33)39)36(2)30(38)22-12-13-24(27(20-22)40-3)35-29(37)23-9-4-5-10-26(23)41-18-8-15-32;/h4-5,9-14,19-20H,6-8,15-18,32H2,1-3H3,(H,35,37)(H3,33,34,39);1H. The quantitative estimate of drug-likeness (QED) is 0.184. The lowest BCUT2D eigenvalue weighted by molar-refractivity contribution is 0.0990. The Morgan fingerprint density at radius 3 is 2.33 bits per heavy atom. The molecule has 0 atom stereocenters. The lowest BCUT2D eigenvalue weighted by atomic mass is 10.1. The number of hydrogen-bond donors (Lipinski definition) is 4. The van der Waals surface area contributed by atoms with E-state index in [1.54, 1.807) is 49.5 Å². The Kier molecular flexibility index (Phi) is 14.1. The fraction of sp³-hybridized carbons (Fsp3) is 0.323. The van der Waals surface area contributed by atoms with Gasteiger partial charge in [0, 0.05) is 19.2 Å². The summed E-state index contributed by atoms with van der Waals surface area (Å²) in [7, 11) is 3.14. The molecule has 0 saturated heterocycles. The van der Waals surface area contributed by atoms with E-state index in [1.807, 2.05) is 25.1 Å². The van der Waals surface area contributed by atoms with E-state index >= 15 is 0 Å². The zero-order valence-electron chi connectivity index (χ0n) is 24.7. The third-order valence-corrected chi connectivity index (χ3v) is 6.34. The third-order valence-electron chi connectivity index (χ3n) is 6.34. The maximum absolute atomic E-state index is 13.5. The molecule has 0 fully saturated rings. The summed E-state index contributed by atoms with van der Waals surface area (Å²) in [6.07, 6.45) is 2.06. The zero-order valence-corrected chi connectivity index (χ0v) is 25.5. The molecule has 6 N–H and O–H groups in total. The SMILES string of the molecule is COc1cc(C(=O)N(C)c2ccc(C)cc2OCCCCNC(N)=O)ccc1NC(=O)c1ccccc1OCCCN.Cl. The van der Waals surface area contributed by atoms with Crippen molar-refractivity contribution in [1.82, 2.24) is 5.32 Å². The van der Waals surface area contributed by atoms with Gasteiger partial charge in [0.15, 0.2) is 0 Å². The van der Waals surface area contributed by atoms with E-state index < -0.39 is 6.03 Å². The monoisotopic (exact) mass is 613 g/mol. The van der Waals surface area contributed by atoms with Crippen LogP contribution in [-0.4, -0.2) is 58.3 Å². The second-order valence-electron chi connectivity index (χ2n) is 9.54. The molecule has 11 nitrogen and oxygen atoms in total. The Morgan fingerprint density at radius 2 is 1.60 bits per heavy atom. The number of benzene rings is 3. The molecule has 12 heteroatoms. The maximum atomic E-state index is 13.5. The highest BCUT2D eigenvalue weighted by Crippen LogP contribution is 2.32. The molecule has 4 amide bonds. The first kappa shape index (κ1) is 34.7. The lowest BCUT2D eigenvalue weighted by Gasteiger charge is -2.22. The molecule has 0 aliphatic carbocycles. The molecular formula is C31H40ClN5O6. The van der Waals surface area contributed by atoms with Crippen LogP contribution in [-0.2, 0) is 0 Å². The number of urea groups is 1. The average molecular weight is 614 g/mol. The van der Waals surface area contributed by atoms with Crippen molar-refractivity contribution in [3.8, 4) is 17.2 Å². The molecule has 3 aromatic carbocycles. The van der Waals surface area contributed by atoms with Crippen LogP contribution in [0.5, 0.6) is 17.2 Å². The van der Waals surface area contributed by atoms with Gasteiger partial charge in [-0.1, -0.05) is 18.2 Å². The van der Waals surface area contributed by atoms with Gasteiger partial charge in [-0.2, -0.15) is 0 Å². The largest absolute Gasteiger partial charge is 0.495 e. The minimum Gasteiger partial charge on any atom is -0.495 e. The van der Waals surface area contributed by atoms with Gasteiger partial charge < -0.3 is 41.2 Å². The van der Waals surface area contributed by atoms with Gasteiger partial charge >= 0.3 is 6.03 Å². The molecule has 0 aliphatic rings. The number of nitrogens with zero attached hydrogens (tertiary/aromatic N) is 1. The summed E-state index contributed by atoms with van der Waals surface area (Å²) in [6.45, 7) is 3.70. The van der Waals surface area contributed by atoms with Gasteiger partial charge in [-0.3, -0.25) is 9.59 Å². The minimum absolute atomic E-state index is 0. The van der Waals surface area contributed by atoms with Gasteiger partial charge in [0.2, 0.25) is 0 Å². The Bertz CT molecular complexity index is 1390. The summed E-state index contributed by atoms with van der Waals surface area (Å²) in [5.41, 5.74) is 13.4. The number of methoxy groups -OCH3 is 1. The van der Waals surface area contributed by atoms with E-state index in [-0.39, 0.29) is 24.2 Å². The molecule has 0 unspecified atom stereocenters. The number of carbonyl (C=O) groups excluding carboxylic acids is 3. The van der Waals surface area contributed by atoms with Crippen LogP contribution in [0.1, 0.15) is 45.5 Å². The molecule has 3 rings (SSSR count). The molecule has 0 heterocycles. The van der Waals surface area contributed by atoms with Crippen molar-refractivity contribution in [3.63, 3.8) is 0 Å². The van der Waals surface area contributed by atoms with E-state index in [1.165, 1.54) is 12.0 Å². The smallest absolute Gasteiger partial charge is 0.312 e. The van der Waals surface area contributed by atoms with E-state index in [2.05, 4.69) is 10.6 Å². The Labute approximate surface area is 258 Å². The maximum Gasteiger partial charge on any atom is 0.312 e. The number of anilines is 2. The molecule has 0 spiro atoms. The number of aryl methyl sites for hydroxylation is 1. The molecule has 0 radical (unpaired) electrons. The molecule has 0 aromatic heterocycles. The summed E-state index contributed by atoms with van der Waals surface area (Å²) < 4.78 is 17.2. The molecule has 0 aliphatic heterocycles. The molecule has 43 heavy (non-hydrogen) atoms. The summed E-state index contributed by atoms with van der Waals surface area (Å²) in [5, 5.41) is 5.40.